The standard InChI is InChI=1S/C10H16ClNO/c1-8(11)9(13)12-6-4-5-10(2,3)7-12/h1,4-7H2,2-3H3. The number of hydrogen-bond donors (Lipinski definition) is 0. The number of carbonyl (C=O) groups excluding carboxylic acids is 1. The van der Waals surface area contributed by atoms with Gasteiger partial charge in [-0.3, -0.25) is 4.79 Å². The maximum absolute atomic E-state index is 11.5. The van der Waals surface area contributed by atoms with Gasteiger partial charge in [-0.15, -0.1) is 0 Å². The van der Waals surface area contributed by atoms with Gasteiger partial charge in [0.25, 0.3) is 5.91 Å². The Labute approximate surface area is 84.6 Å². The lowest BCUT2D eigenvalue weighted by Gasteiger charge is -2.37. The van der Waals surface area contributed by atoms with E-state index in [1.54, 1.807) is 4.90 Å². The van der Waals surface area contributed by atoms with Crippen LogP contribution >= 0.6 is 11.6 Å². The fraction of sp³-hybridized carbons (Fsp3) is 0.700. The van der Waals surface area contributed by atoms with Crippen LogP contribution in [0, 0.1) is 5.41 Å². The molecule has 0 aliphatic carbocycles. The molecule has 13 heavy (non-hydrogen) atoms. The SMILES string of the molecule is C=C(Cl)C(=O)N1CCCC(C)(C)C1. The second-order valence-electron chi connectivity index (χ2n) is 4.40. The van der Waals surface area contributed by atoms with Crippen molar-refractivity contribution < 1.29 is 4.79 Å². The molecule has 74 valence electrons. The highest BCUT2D eigenvalue weighted by atomic mass is 35.5. The third kappa shape index (κ3) is 2.73. The lowest BCUT2D eigenvalue weighted by molar-refractivity contribution is -0.129. The van der Waals surface area contributed by atoms with E-state index < -0.39 is 0 Å². The van der Waals surface area contributed by atoms with Crippen molar-refractivity contribution in [3.63, 3.8) is 0 Å². The number of amides is 1. The second kappa shape index (κ2) is 3.70. The lowest BCUT2D eigenvalue weighted by Crippen LogP contribution is -2.43. The molecule has 0 atom stereocenters. The maximum atomic E-state index is 11.5. The highest BCUT2D eigenvalue weighted by Gasteiger charge is 2.29. The van der Waals surface area contributed by atoms with Gasteiger partial charge in [-0.1, -0.05) is 32.0 Å². The van der Waals surface area contributed by atoms with E-state index in [9.17, 15) is 4.79 Å². The van der Waals surface area contributed by atoms with E-state index in [-0.39, 0.29) is 16.4 Å². The third-order valence-electron chi connectivity index (χ3n) is 2.42. The van der Waals surface area contributed by atoms with Gasteiger partial charge in [-0.25, -0.2) is 0 Å². The summed E-state index contributed by atoms with van der Waals surface area (Å²) in [5.74, 6) is -0.116. The molecule has 0 aromatic rings. The molecule has 0 saturated carbocycles. The Bertz CT molecular complexity index is 235. The molecule has 1 heterocycles. The van der Waals surface area contributed by atoms with Crippen LogP contribution in [0.15, 0.2) is 11.6 Å². The predicted octanol–water partition coefficient (Wildman–Crippen LogP) is 2.39. The van der Waals surface area contributed by atoms with Crippen molar-refractivity contribution in [3.05, 3.63) is 11.6 Å². The molecule has 0 spiro atoms. The minimum absolute atomic E-state index is 0.116. The van der Waals surface area contributed by atoms with E-state index in [2.05, 4.69) is 20.4 Å². The average Bonchev–Trinajstić information content (AvgIpc) is 2.01. The molecular formula is C10H16ClNO. The van der Waals surface area contributed by atoms with Gasteiger partial charge >= 0.3 is 0 Å². The van der Waals surface area contributed by atoms with E-state index in [1.807, 2.05) is 0 Å². The van der Waals surface area contributed by atoms with E-state index in [4.69, 9.17) is 11.6 Å². The molecule has 1 fully saturated rings. The van der Waals surface area contributed by atoms with Crippen LogP contribution in [-0.2, 0) is 4.79 Å². The van der Waals surface area contributed by atoms with Crippen molar-refractivity contribution >= 4 is 17.5 Å². The molecule has 0 N–H and O–H groups in total. The Hall–Kier alpha value is -0.500. The predicted molar refractivity (Wildman–Crippen MR) is 54.6 cm³/mol. The quantitative estimate of drug-likeness (QED) is 0.597. The van der Waals surface area contributed by atoms with Gasteiger partial charge in [0.2, 0.25) is 0 Å². The normalized spacial score (nSPS) is 21.3. The third-order valence-corrected chi connectivity index (χ3v) is 2.58. The van der Waals surface area contributed by atoms with Gasteiger partial charge in [0, 0.05) is 13.1 Å². The van der Waals surface area contributed by atoms with E-state index >= 15 is 0 Å². The van der Waals surface area contributed by atoms with E-state index in [1.165, 1.54) is 6.42 Å². The summed E-state index contributed by atoms with van der Waals surface area (Å²) in [6.07, 6.45) is 2.23. The molecular weight excluding hydrogens is 186 g/mol. The fourth-order valence-corrected chi connectivity index (χ4v) is 1.89. The smallest absolute Gasteiger partial charge is 0.264 e. The highest BCUT2D eigenvalue weighted by Crippen LogP contribution is 2.29. The largest absolute Gasteiger partial charge is 0.337 e. The van der Waals surface area contributed by atoms with Gasteiger partial charge in [-0.05, 0) is 18.3 Å². The fourth-order valence-electron chi connectivity index (χ4n) is 1.77. The first-order valence-electron chi connectivity index (χ1n) is 4.56. The van der Waals surface area contributed by atoms with Gasteiger partial charge < -0.3 is 4.90 Å². The summed E-state index contributed by atoms with van der Waals surface area (Å²) in [6, 6.07) is 0. The first-order valence-corrected chi connectivity index (χ1v) is 4.94. The Morgan fingerprint density at radius 2 is 2.15 bits per heavy atom. The second-order valence-corrected chi connectivity index (χ2v) is 4.86. The maximum Gasteiger partial charge on any atom is 0.264 e. The van der Waals surface area contributed by atoms with Crippen LogP contribution in [0.5, 0.6) is 0 Å². The summed E-state index contributed by atoms with van der Waals surface area (Å²) in [6.45, 7) is 9.40. The van der Waals surface area contributed by atoms with Crippen LogP contribution in [0.4, 0.5) is 0 Å². The summed E-state index contributed by atoms with van der Waals surface area (Å²) in [7, 11) is 0. The molecule has 0 radical (unpaired) electrons. The van der Waals surface area contributed by atoms with Crippen molar-refractivity contribution in [1.29, 1.82) is 0 Å². The molecule has 1 aliphatic heterocycles. The minimum Gasteiger partial charge on any atom is -0.337 e. The van der Waals surface area contributed by atoms with Gasteiger partial charge in [0.15, 0.2) is 0 Å². The number of carbonyl (C=O) groups is 1. The number of hydrogen-bond acceptors (Lipinski definition) is 1. The first-order chi connectivity index (χ1) is 5.92. The van der Waals surface area contributed by atoms with Crippen molar-refractivity contribution in [2.45, 2.75) is 26.7 Å². The van der Waals surface area contributed by atoms with Gasteiger partial charge in [0.1, 0.15) is 0 Å². The first kappa shape index (κ1) is 10.6. The molecule has 1 aliphatic rings. The monoisotopic (exact) mass is 201 g/mol. The van der Waals surface area contributed by atoms with E-state index in [0.717, 1.165) is 19.5 Å². The zero-order chi connectivity index (χ0) is 10.1. The summed E-state index contributed by atoms with van der Waals surface area (Å²) in [4.78, 5) is 13.3. The van der Waals surface area contributed by atoms with Crippen LogP contribution in [-0.4, -0.2) is 23.9 Å². The topological polar surface area (TPSA) is 20.3 Å². The number of halogens is 1. The zero-order valence-corrected chi connectivity index (χ0v) is 9.02. The molecule has 1 amide bonds. The average molecular weight is 202 g/mol. The van der Waals surface area contributed by atoms with Crippen LogP contribution in [0.3, 0.4) is 0 Å². The number of nitrogens with zero attached hydrogens (tertiary/aromatic N) is 1. The van der Waals surface area contributed by atoms with Crippen molar-refractivity contribution in [2.75, 3.05) is 13.1 Å². The molecule has 3 heteroatoms. The Balaban J connectivity index is 2.62. The number of piperidine rings is 1. The van der Waals surface area contributed by atoms with Crippen LogP contribution in [0.25, 0.3) is 0 Å². The van der Waals surface area contributed by atoms with Crippen LogP contribution < -0.4 is 0 Å². The molecule has 2 nitrogen and oxygen atoms in total. The van der Waals surface area contributed by atoms with Crippen molar-refractivity contribution in [1.82, 2.24) is 4.90 Å². The van der Waals surface area contributed by atoms with Crippen LogP contribution in [0.1, 0.15) is 26.7 Å². The number of rotatable bonds is 1. The molecule has 0 aromatic heterocycles. The van der Waals surface area contributed by atoms with Crippen molar-refractivity contribution in [3.8, 4) is 0 Å². The van der Waals surface area contributed by atoms with E-state index in [0.29, 0.717) is 0 Å². The molecule has 0 unspecified atom stereocenters. The molecule has 1 rings (SSSR count). The summed E-state index contributed by atoms with van der Waals surface area (Å²) >= 11 is 5.57. The Kier molecular flexibility index (Phi) is 3.01. The van der Waals surface area contributed by atoms with Crippen molar-refractivity contribution in [2.24, 2.45) is 5.41 Å². The van der Waals surface area contributed by atoms with Gasteiger partial charge in [0.05, 0.1) is 5.03 Å². The Morgan fingerprint density at radius 3 is 2.62 bits per heavy atom. The Morgan fingerprint density at radius 1 is 1.54 bits per heavy atom. The summed E-state index contributed by atoms with van der Waals surface area (Å²) < 4.78 is 0. The molecule has 0 aromatic carbocycles. The summed E-state index contributed by atoms with van der Waals surface area (Å²) in [5, 5.41) is 0.123. The van der Waals surface area contributed by atoms with Crippen LogP contribution in [0.2, 0.25) is 0 Å². The minimum atomic E-state index is -0.116. The number of likely N-dealkylation sites (tertiary alicyclic amines) is 1. The zero-order valence-electron chi connectivity index (χ0n) is 8.27. The highest BCUT2D eigenvalue weighted by molar-refractivity contribution is 6.41. The molecule has 1 saturated heterocycles. The molecule has 0 bridgehead atoms. The summed E-state index contributed by atoms with van der Waals surface area (Å²) in [5.41, 5.74) is 0.222. The lowest BCUT2D eigenvalue weighted by atomic mass is 9.84. The van der Waals surface area contributed by atoms with Gasteiger partial charge in [-0.2, -0.15) is 0 Å².